The summed E-state index contributed by atoms with van der Waals surface area (Å²) >= 11 is 3.40. The van der Waals surface area contributed by atoms with Crippen LogP contribution >= 0.6 is 15.9 Å². The Morgan fingerprint density at radius 3 is 2.60 bits per heavy atom. The lowest BCUT2D eigenvalue weighted by atomic mass is 10.1. The minimum absolute atomic E-state index is 0.123. The summed E-state index contributed by atoms with van der Waals surface area (Å²) in [5, 5.41) is 12.3. The van der Waals surface area contributed by atoms with Crippen molar-refractivity contribution >= 4 is 15.9 Å². The average Bonchev–Trinajstić information content (AvgIpc) is 2.45. The van der Waals surface area contributed by atoms with Crippen LogP contribution in [0.15, 0.2) is 46.9 Å². The van der Waals surface area contributed by atoms with Gasteiger partial charge in [-0.1, -0.05) is 28.1 Å². The molecule has 1 atom stereocenters. The third kappa shape index (κ3) is 3.66. The van der Waals surface area contributed by atoms with Crippen LogP contribution in [-0.2, 0) is 6.54 Å². The summed E-state index contributed by atoms with van der Waals surface area (Å²) in [5.41, 5.74) is 2.32. The number of nitrogens with zero attached hydrogens (tertiary/aromatic N) is 1. The summed E-state index contributed by atoms with van der Waals surface area (Å²) in [6.07, 6.45) is 0. The molecule has 20 heavy (non-hydrogen) atoms. The van der Waals surface area contributed by atoms with Crippen molar-refractivity contribution < 1.29 is 4.39 Å². The van der Waals surface area contributed by atoms with Gasteiger partial charge in [-0.2, -0.15) is 5.26 Å². The zero-order valence-electron chi connectivity index (χ0n) is 11.0. The van der Waals surface area contributed by atoms with Crippen LogP contribution in [0.1, 0.15) is 29.7 Å². The summed E-state index contributed by atoms with van der Waals surface area (Å²) in [7, 11) is 0. The molecular formula is C16H14BrFN2. The topological polar surface area (TPSA) is 35.8 Å². The summed E-state index contributed by atoms with van der Waals surface area (Å²) in [5.74, 6) is -0.322. The van der Waals surface area contributed by atoms with Gasteiger partial charge in [0.2, 0.25) is 0 Å². The van der Waals surface area contributed by atoms with Gasteiger partial charge in [0, 0.05) is 17.1 Å². The van der Waals surface area contributed by atoms with E-state index in [-0.39, 0.29) is 11.9 Å². The minimum atomic E-state index is -0.322. The standard InChI is InChI=1S/C16H14BrFN2/c1-11(12-2-5-15(17)6-3-12)20-10-14-8-16(18)7-4-13(14)9-19/h2-8,11,20H,10H2,1H3/t11-/m1/s1. The van der Waals surface area contributed by atoms with E-state index in [4.69, 9.17) is 5.26 Å². The summed E-state index contributed by atoms with van der Waals surface area (Å²) in [6.45, 7) is 2.49. The molecule has 0 radical (unpaired) electrons. The number of halogens is 2. The molecule has 0 fully saturated rings. The van der Waals surface area contributed by atoms with Crippen LogP contribution in [0, 0.1) is 17.1 Å². The lowest BCUT2D eigenvalue weighted by Gasteiger charge is -2.15. The lowest BCUT2D eigenvalue weighted by molar-refractivity contribution is 0.568. The number of nitrogens with one attached hydrogen (secondary N) is 1. The highest BCUT2D eigenvalue weighted by Gasteiger charge is 2.08. The van der Waals surface area contributed by atoms with Crippen molar-refractivity contribution in [2.75, 3.05) is 0 Å². The summed E-state index contributed by atoms with van der Waals surface area (Å²) in [4.78, 5) is 0. The Labute approximate surface area is 126 Å². The van der Waals surface area contributed by atoms with Gasteiger partial charge in [-0.3, -0.25) is 0 Å². The number of hydrogen-bond donors (Lipinski definition) is 1. The molecule has 102 valence electrons. The van der Waals surface area contributed by atoms with Crippen LogP contribution in [0.25, 0.3) is 0 Å². The van der Waals surface area contributed by atoms with Crippen molar-refractivity contribution in [2.24, 2.45) is 0 Å². The molecular weight excluding hydrogens is 319 g/mol. The van der Waals surface area contributed by atoms with E-state index in [0.29, 0.717) is 17.7 Å². The molecule has 2 nitrogen and oxygen atoms in total. The van der Waals surface area contributed by atoms with Gasteiger partial charge < -0.3 is 5.32 Å². The zero-order valence-corrected chi connectivity index (χ0v) is 12.6. The van der Waals surface area contributed by atoms with Gasteiger partial charge in [-0.15, -0.1) is 0 Å². The van der Waals surface area contributed by atoms with E-state index in [2.05, 4.69) is 27.3 Å². The highest BCUT2D eigenvalue weighted by molar-refractivity contribution is 9.10. The van der Waals surface area contributed by atoms with Gasteiger partial charge >= 0.3 is 0 Å². The third-order valence-corrected chi connectivity index (χ3v) is 3.69. The van der Waals surface area contributed by atoms with Crippen molar-refractivity contribution in [3.05, 3.63) is 69.4 Å². The molecule has 2 aromatic carbocycles. The summed E-state index contributed by atoms with van der Waals surface area (Å²) < 4.78 is 14.3. The van der Waals surface area contributed by atoms with Gasteiger partial charge in [0.05, 0.1) is 11.6 Å². The Morgan fingerprint density at radius 1 is 1.25 bits per heavy atom. The molecule has 1 N–H and O–H groups in total. The van der Waals surface area contributed by atoms with Crippen molar-refractivity contribution in [3.8, 4) is 6.07 Å². The fourth-order valence-corrected chi connectivity index (χ4v) is 2.21. The Kier molecular flexibility index (Phi) is 4.89. The first-order chi connectivity index (χ1) is 9.60. The molecule has 0 aliphatic rings. The van der Waals surface area contributed by atoms with E-state index < -0.39 is 0 Å². The van der Waals surface area contributed by atoms with Gasteiger partial charge in [-0.05, 0) is 48.4 Å². The van der Waals surface area contributed by atoms with Crippen LogP contribution in [0.5, 0.6) is 0 Å². The SMILES string of the molecule is C[C@@H](NCc1cc(F)ccc1C#N)c1ccc(Br)cc1. The van der Waals surface area contributed by atoms with E-state index in [1.54, 1.807) is 0 Å². The van der Waals surface area contributed by atoms with Crippen molar-refractivity contribution in [1.82, 2.24) is 5.32 Å². The Hall–Kier alpha value is -1.70. The van der Waals surface area contributed by atoms with Crippen LogP contribution in [0.4, 0.5) is 4.39 Å². The Balaban J connectivity index is 2.07. The molecule has 0 unspecified atom stereocenters. The second-order valence-electron chi connectivity index (χ2n) is 4.57. The van der Waals surface area contributed by atoms with Crippen LogP contribution in [-0.4, -0.2) is 0 Å². The molecule has 2 aromatic rings. The van der Waals surface area contributed by atoms with E-state index in [1.807, 2.05) is 31.2 Å². The second kappa shape index (κ2) is 6.65. The normalized spacial score (nSPS) is 11.9. The molecule has 0 aliphatic carbocycles. The maximum absolute atomic E-state index is 13.2. The highest BCUT2D eigenvalue weighted by atomic mass is 79.9. The quantitative estimate of drug-likeness (QED) is 0.905. The van der Waals surface area contributed by atoms with E-state index in [1.165, 1.54) is 18.2 Å². The van der Waals surface area contributed by atoms with Crippen LogP contribution < -0.4 is 5.32 Å². The Morgan fingerprint density at radius 2 is 1.95 bits per heavy atom. The molecule has 0 saturated carbocycles. The maximum atomic E-state index is 13.2. The van der Waals surface area contributed by atoms with E-state index in [9.17, 15) is 4.39 Å². The molecule has 4 heteroatoms. The minimum Gasteiger partial charge on any atom is -0.306 e. The lowest BCUT2D eigenvalue weighted by Crippen LogP contribution is -2.18. The van der Waals surface area contributed by atoms with Crippen LogP contribution in [0.3, 0.4) is 0 Å². The van der Waals surface area contributed by atoms with Crippen molar-refractivity contribution in [2.45, 2.75) is 19.5 Å². The predicted octanol–water partition coefficient (Wildman–Crippen LogP) is 4.31. The van der Waals surface area contributed by atoms with Gasteiger partial charge in [0.15, 0.2) is 0 Å². The molecule has 0 bridgehead atoms. The summed E-state index contributed by atoms with van der Waals surface area (Å²) in [6, 6.07) is 14.4. The number of benzene rings is 2. The van der Waals surface area contributed by atoms with Crippen molar-refractivity contribution in [3.63, 3.8) is 0 Å². The maximum Gasteiger partial charge on any atom is 0.123 e. The van der Waals surface area contributed by atoms with Crippen LogP contribution in [0.2, 0.25) is 0 Å². The number of hydrogen-bond acceptors (Lipinski definition) is 2. The molecule has 0 heterocycles. The molecule has 0 amide bonds. The monoisotopic (exact) mass is 332 g/mol. The average molecular weight is 333 g/mol. The largest absolute Gasteiger partial charge is 0.306 e. The number of nitriles is 1. The molecule has 2 rings (SSSR count). The van der Waals surface area contributed by atoms with Gasteiger partial charge in [-0.25, -0.2) is 4.39 Å². The first kappa shape index (κ1) is 14.7. The van der Waals surface area contributed by atoms with E-state index >= 15 is 0 Å². The Bertz CT molecular complexity index is 632. The highest BCUT2D eigenvalue weighted by Crippen LogP contribution is 2.18. The first-order valence-corrected chi connectivity index (χ1v) is 7.07. The first-order valence-electron chi connectivity index (χ1n) is 6.27. The third-order valence-electron chi connectivity index (χ3n) is 3.16. The van der Waals surface area contributed by atoms with Gasteiger partial charge in [0.1, 0.15) is 5.82 Å². The fraction of sp³-hybridized carbons (Fsp3) is 0.188. The smallest absolute Gasteiger partial charge is 0.123 e. The molecule has 0 spiro atoms. The van der Waals surface area contributed by atoms with Crippen molar-refractivity contribution in [1.29, 1.82) is 5.26 Å². The number of rotatable bonds is 4. The second-order valence-corrected chi connectivity index (χ2v) is 5.48. The molecule has 0 saturated heterocycles. The van der Waals surface area contributed by atoms with Gasteiger partial charge in [0.25, 0.3) is 0 Å². The predicted molar refractivity (Wildman–Crippen MR) is 80.5 cm³/mol. The fourth-order valence-electron chi connectivity index (χ4n) is 1.95. The zero-order chi connectivity index (χ0) is 14.5. The molecule has 0 aromatic heterocycles. The van der Waals surface area contributed by atoms with E-state index in [0.717, 1.165) is 10.0 Å². The molecule has 0 aliphatic heterocycles.